The molecular weight excluding hydrogens is 317 g/mol. The van der Waals surface area contributed by atoms with Crippen molar-refractivity contribution in [2.24, 2.45) is 5.92 Å². The zero-order valence-corrected chi connectivity index (χ0v) is 14.3. The molecule has 0 N–H and O–H groups in total. The highest BCUT2D eigenvalue weighted by atomic mass is 19.1. The molecule has 0 aromatic heterocycles. The lowest BCUT2D eigenvalue weighted by Gasteiger charge is -2.35. The van der Waals surface area contributed by atoms with E-state index in [9.17, 15) is 9.18 Å². The van der Waals surface area contributed by atoms with Gasteiger partial charge in [0, 0.05) is 6.61 Å². The van der Waals surface area contributed by atoms with Crippen LogP contribution < -0.4 is 0 Å². The second kappa shape index (κ2) is 8.88. The summed E-state index contributed by atoms with van der Waals surface area (Å²) in [6.45, 7) is 3.12. The van der Waals surface area contributed by atoms with E-state index < -0.39 is 0 Å². The first-order valence-electron chi connectivity index (χ1n) is 8.83. The molecule has 1 aliphatic heterocycles. The van der Waals surface area contributed by atoms with Crippen molar-refractivity contribution in [2.45, 2.75) is 25.5 Å². The molecule has 1 fully saturated rings. The van der Waals surface area contributed by atoms with Gasteiger partial charge < -0.3 is 9.53 Å². The highest BCUT2D eigenvalue weighted by molar-refractivity contribution is 5.61. The minimum absolute atomic E-state index is 0.275. The molecule has 4 heteroatoms. The number of ether oxygens (including phenoxy) is 1. The van der Waals surface area contributed by atoms with E-state index >= 15 is 0 Å². The first-order chi connectivity index (χ1) is 12.3. The van der Waals surface area contributed by atoms with Crippen molar-refractivity contribution in [1.29, 1.82) is 0 Å². The maximum Gasteiger partial charge on any atom is 0.141 e. The largest absolute Gasteiger partial charge is 0.376 e. The van der Waals surface area contributed by atoms with Gasteiger partial charge >= 0.3 is 0 Å². The average molecular weight is 341 g/mol. The first kappa shape index (κ1) is 17.8. The normalized spacial score (nSPS) is 17.3. The Hall–Kier alpha value is -2.04. The van der Waals surface area contributed by atoms with Crippen LogP contribution in [0.3, 0.4) is 0 Å². The number of carbonyl (C=O) groups excluding carboxylic acids is 1. The molecule has 132 valence electrons. The summed E-state index contributed by atoms with van der Waals surface area (Å²) in [6.07, 6.45) is 2.99. The number of likely N-dealkylation sites (tertiary alicyclic amines) is 1. The number of hydrogen-bond donors (Lipinski definition) is 0. The Morgan fingerprint density at radius 3 is 2.40 bits per heavy atom. The monoisotopic (exact) mass is 341 g/mol. The van der Waals surface area contributed by atoms with Gasteiger partial charge in [-0.25, -0.2) is 4.39 Å². The summed E-state index contributed by atoms with van der Waals surface area (Å²) >= 11 is 0. The van der Waals surface area contributed by atoms with Crippen molar-refractivity contribution in [1.82, 2.24) is 4.90 Å². The Bertz CT molecular complexity index is 651. The van der Waals surface area contributed by atoms with Gasteiger partial charge in [-0.3, -0.25) is 4.90 Å². The first-order valence-corrected chi connectivity index (χ1v) is 8.83. The SMILES string of the molecule is O=CC(c1ccc(F)cc1)N1CCC(COCc2ccccc2)CC1. The van der Waals surface area contributed by atoms with Crippen molar-refractivity contribution in [2.75, 3.05) is 19.7 Å². The van der Waals surface area contributed by atoms with Crippen LogP contribution in [-0.4, -0.2) is 30.9 Å². The van der Waals surface area contributed by atoms with Crippen LogP contribution in [0.25, 0.3) is 0 Å². The van der Waals surface area contributed by atoms with Crippen LogP contribution >= 0.6 is 0 Å². The number of piperidine rings is 1. The summed E-state index contributed by atoms with van der Waals surface area (Å²) in [5, 5.41) is 0. The highest BCUT2D eigenvalue weighted by Crippen LogP contribution is 2.26. The molecule has 1 aliphatic rings. The van der Waals surface area contributed by atoms with Crippen LogP contribution in [0.1, 0.15) is 30.0 Å². The standard InChI is InChI=1S/C21H24FNO2/c22-20-8-6-19(7-9-20)21(14-24)23-12-10-18(11-13-23)16-25-15-17-4-2-1-3-5-17/h1-9,14,18,21H,10-13,15-16H2. The van der Waals surface area contributed by atoms with Crippen molar-refractivity contribution < 1.29 is 13.9 Å². The van der Waals surface area contributed by atoms with Crippen LogP contribution in [0.5, 0.6) is 0 Å². The van der Waals surface area contributed by atoms with Gasteiger partial charge in [-0.15, -0.1) is 0 Å². The number of rotatable bonds is 7. The molecule has 0 spiro atoms. The Kier molecular flexibility index (Phi) is 6.31. The number of hydrogen-bond acceptors (Lipinski definition) is 3. The van der Waals surface area contributed by atoms with Gasteiger partial charge in [-0.05, 0) is 55.1 Å². The number of halogens is 1. The fourth-order valence-electron chi connectivity index (χ4n) is 3.35. The lowest BCUT2D eigenvalue weighted by Crippen LogP contribution is -2.38. The molecule has 0 aliphatic carbocycles. The lowest BCUT2D eigenvalue weighted by atomic mass is 9.95. The Balaban J connectivity index is 1.46. The molecule has 1 saturated heterocycles. The molecule has 3 rings (SSSR count). The number of aldehydes is 1. The third-order valence-electron chi connectivity index (χ3n) is 4.85. The molecule has 2 aromatic carbocycles. The lowest BCUT2D eigenvalue weighted by molar-refractivity contribution is -0.113. The summed E-state index contributed by atoms with van der Waals surface area (Å²) in [4.78, 5) is 13.7. The molecule has 2 aromatic rings. The van der Waals surface area contributed by atoms with Crippen molar-refractivity contribution in [3.8, 4) is 0 Å². The van der Waals surface area contributed by atoms with E-state index in [1.54, 1.807) is 12.1 Å². The molecule has 0 amide bonds. The number of carbonyl (C=O) groups is 1. The quantitative estimate of drug-likeness (QED) is 0.713. The Morgan fingerprint density at radius 2 is 1.76 bits per heavy atom. The van der Waals surface area contributed by atoms with E-state index in [-0.39, 0.29) is 11.9 Å². The molecule has 1 heterocycles. The second-order valence-electron chi connectivity index (χ2n) is 6.61. The van der Waals surface area contributed by atoms with Crippen LogP contribution in [0.4, 0.5) is 4.39 Å². The smallest absolute Gasteiger partial charge is 0.141 e. The van der Waals surface area contributed by atoms with Gasteiger partial charge in [0.25, 0.3) is 0 Å². The molecule has 1 unspecified atom stereocenters. The van der Waals surface area contributed by atoms with Gasteiger partial charge in [0.1, 0.15) is 12.1 Å². The fraction of sp³-hybridized carbons (Fsp3) is 0.381. The minimum Gasteiger partial charge on any atom is -0.376 e. The van der Waals surface area contributed by atoms with Gasteiger partial charge in [0.2, 0.25) is 0 Å². The van der Waals surface area contributed by atoms with Gasteiger partial charge in [0.05, 0.1) is 12.6 Å². The molecule has 1 atom stereocenters. The summed E-state index contributed by atoms with van der Waals surface area (Å²) in [7, 11) is 0. The maximum absolute atomic E-state index is 13.1. The summed E-state index contributed by atoms with van der Waals surface area (Å²) < 4.78 is 18.9. The average Bonchev–Trinajstić information content (AvgIpc) is 2.66. The maximum atomic E-state index is 13.1. The molecule has 3 nitrogen and oxygen atoms in total. The number of nitrogens with zero attached hydrogens (tertiary/aromatic N) is 1. The molecular formula is C21H24FNO2. The topological polar surface area (TPSA) is 29.5 Å². The summed E-state index contributed by atoms with van der Waals surface area (Å²) in [5.41, 5.74) is 2.05. The molecule has 25 heavy (non-hydrogen) atoms. The minimum atomic E-state index is -0.285. The van der Waals surface area contributed by atoms with E-state index in [4.69, 9.17) is 4.74 Å². The molecule has 0 bridgehead atoms. The van der Waals surface area contributed by atoms with Gasteiger partial charge in [0.15, 0.2) is 0 Å². The van der Waals surface area contributed by atoms with Crippen molar-refractivity contribution in [3.05, 3.63) is 71.5 Å². The Labute approximate surface area is 148 Å². The molecule has 0 saturated carbocycles. The van der Waals surface area contributed by atoms with E-state index in [2.05, 4.69) is 17.0 Å². The third-order valence-corrected chi connectivity index (χ3v) is 4.85. The van der Waals surface area contributed by atoms with E-state index in [0.29, 0.717) is 12.5 Å². The van der Waals surface area contributed by atoms with Crippen LogP contribution in [0.15, 0.2) is 54.6 Å². The molecule has 0 radical (unpaired) electrons. The predicted octanol–water partition coefficient (Wildman–Crippen LogP) is 3.99. The summed E-state index contributed by atoms with van der Waals surface area (Å²) in [6, 6.07) is 16.1. The summed E-state index contributed by atoms with van der Waals surface area (Å²) in [5.74, 6) is 0.253. The zero-order chi connectivity index (χ0) is 17.5. The second-order valence-corrected chi connectivity index (χ2v) is 6.61. The predicted molar refractivity (Wildman–Crippen MR) is 95.6 cm³/mol. The zero-order valence-electron chi connectivity index (χ0n) is 14.3. The Morgan fingerprint density at radius 1 is 1.08 bits per heavy atom. The number of benzene rings is 2. The van der Waals surface area contributed by atoms with Crippen LogP contribution in [0, 0.1) is 11.7 Å². The fourth-order valence-corrected chi connectivity index (χ4v) is 3.35. The van der Waals surface area contributed by atoms with Gasteiger partial charge in [-0.2, -0.15) is 0 Å². The van der Waals surface area contributed by atoms with E-state index in [1.807, 2.05) is 18.2 Å². The van der Waals surface area contributed by atoms with Crippen molar-refractivity contribution >= 4 is 6.29 Å². The van der Waals surface area contributed by atoms with Crippen LogP contribution in [-0.2, 0) is 16.1 Å². The van der Waals surface area contributed by atoms with E-state index in [0.717, 1.165) is 44.4 Å². The van der Waals surface area contributed by atoms with E-state index in [1.165, 1.54) is 17.7 Å². The highest BCUT2D eigenvalue weighted by Gasteiger charge is 2.26. The third kappa shape index (κ3) is 4.97. The van der Waals surface area contributed by atoms with Crippen LogP contribution in [0.2, 0.25) is 0 Å². The van der Waals surface area contributed by atoms with Crippen molar-refractivity contribution in [3.63, 3.8) is 0 Å². The van der Waals surface area contributed by atoms with Gasteiger partial charge in [-0.1, -0.05) is 42.5 Å².